The van der Waals surface area contributed by atoms with E-state index in [1.807, 2.05) is 13.0 Å². The van der Waals surface area contributed by atoms with Gasteiger partial charge in [0.05, 0.1) is 6.10 Å². The molecule has 0 spiro atoms. The van der Waals surface area contributed by atoms with E-state index in [-0.39, 0.29) is 12.1 Å². The molecule has 0 saturated carbocycles. The first kappa shape index (κ1) is 13.7. The molecular formula is C12H25NO. The molecule has 0 aromatic carbocycles. The van der Waals surface area contributed by atoms with E-state index in [0.29, 0.717) is 0 Å². The third kappa shape index (κ3) is 8.27. The van der Waals surface area contributed by atoms with E-state index in [1.165, 1.54) is 25.7 Å². The Morgan fingerprint density at radius 2 is 1.79 bits per heavy atom. The number of nitrogens with two attached hydrogens (primary N) is 1. The van der Waals surface area contributed by atoms with Crippen molar-refractivity contribution in [3.05, 3.63) is 12.7 Å². The van der Waals surface area contributed by atoms with Crippen LogP contribution >= 0.6 is 0 Å². The molecule has 0 fully saturated rings. The highest BCUT2D eigenvalue weighted by Gasteiger charge is 2.07. The fourth-order valence-corrected chi connectivity index (χ4v) is 1.44. The minimum atomic E-state index is -0.317. The average Bonchev–Trinajstić information content (AvgIpc) is 2.16. The van der Waals surface area contributed by atoms with Crippen molar-refractivity contribution in [2.45, 2.75) is 64.0 Å². The monoisotopic (exact) mass is 199 g/mol. The van der Waals surface area contributed by atoms with Crippen molar-refractivity contribution in [1.82, 2.24) is 0 Å². The molecular weight excluding hydrogens is 174 g/mol. The molecule has 0 aliphatic heterocycles. The van der Waals surface area contributed by atoms with Crippen LogP contribution in [0, 0.1) is 0 Å². The summed E-state index contributed by atoms with van der Waals surface area (Å²) in [6, 6.07) is -0.0873. The molecule has 0 aromatic rings. The summed E-state index contributed by atoms with van der Waals surface area (Å²) < 4.78 is 0. The van der Waals surface area contributed by atoms with E-state index < -0.39 is 0 Å². The third-order valence-corrected chi connectivity index (χ3v) is 2.52. The van der Waals surface area contributed by atoms with Crippen molar-refractivity contribution in [1.29, 1.82) is 0 Å². The lowest BCUT2D eigenvalue weighted by atomic mass is 10.0. The van der Waals surface area contributed by atoms with Gasteiger partial charge in [-0.2, -0.15) is 0 Å². The molecule has 2 atom stereocenters. The lowest BCUT2D eigenvalue weighted by Crippen LogP contribution is -2.31. The molecule has 0 amide bonds. The molecule has 0 heterocycles. The minimum absolute atomic E-state index is 0.0873. The van der Waals surface area contributed by atoms with Crippen LogP contribution in [-0.2, 0) is 0 Å². The largest absolute Gasteiger partial charge is 0.392 e. The van der Waals surface area contributed by atoms with Crippen molar-refractivity contribution in [3.8, 4) is 0 Å². The van der Waals surface area contributed by atoms with E-state index in [0.717, 1.165) is 19.3 Å². The molecule has 0 aliphatic carbocycles. The Morgan fingerprint density at radius 1 is 1.21 bits per heavy atom. The van der Waals surface area contributed by atoms with Gasteiger partial charge in [-0.3, -0.25) is 0 Å². The molecule has 0 unspecified atom stereocenters. The van der Waals surface area contributed by atoms with Crippen molar-refractivity contribution < 1.29 is 5.11 Å². The topological polar surface area (TPSA) is 46.2 Å². The predicted octanol–water partition coefficient (Wildman–Crippen LogP) is 2.61. The molecule has 0 aromatic heterocycles. The first-order chi connectivity index (χ1) is 6.68. The quantitative estimate of drug-likeness (QED) is 0.443. The molecule has 0 saturated heterocycles. The van der Waals surface area contributed by atoms with Gasteiger partial charge in [0.2, 0.25) is 0 Å². The van der Waals surface area contributed by atoms with Gasteiger partial charge >= 0.3 is 0 Å². The van der Waals surface area contributed by atoms with Gasteiger partial charge in [0, 0.05) is 6.04 Å². The number of hydrogen-bond acceptors (Lipinski definition) is 2. The third-order valence-electron chi connectivity index (χ3n) is 2.52. The van der Waals surface area contributed by atoms with Crippen molar-refractivity contribution in [2.24, 2.45) is 5.73 Å². The zero-order valence-corrected chi connectivity index (χ0v) is 9.41. The van der Waals surface area contributed by atoms with Crippen LogP contribution in [0.4, 0.5) is 0 Å². The first-order valence-corrected chi connectivity index (χ1v) is 5.73. The Hall–Kier alpha value is -0.340. The molecule has 0 bridgehead atoms. The van der Waals surface area contributed by atoms with Gasteiger partial charge in [-0.25, -0.2) is 0 Å². The van der Waals surface area contributed by atoms with Crippen LogP contribution in [0.25, 0.3) is 0 Å². The number of aliphatic hydroxyl groups excluding tert-OH is 1. The van der Waals surface area contributed by atoms with Gasteiger partial charge in [-0.1, -0.05) is 31.8 Å². The summed E-state index contributed by atoms with van der Waals surface area (Å²) >= 11 is 0. The van der Waals surface area contributed by atoms with E-state index in [4.69, 9.17) is 5.73 Å². The van der Waals surface area contributed by atoms with Crippen LogP contribution in [-0.4, -0.2) is 17.3 Å². The van der Waals surface area contributed by atoms with Gasteiger partial charge in [-0.15, -0.1) is 6.58 Å². The highest BCUT2D eigenvalue weighted by Crippen LogP contribution is 2.09. The van der Waals surface area contributed by atoms with Gasteiger partial charge in [-0.05, 0) is 26.2 Å². The highest BCUT2D eigenvalue weighted by molar-refractivity contribution is 4.67. The van der Waals surface area contributed by atoms with Gasteiger partial charge in [0.15, 0.2) is 0 Å². The molecule has 84 valence electrons. The van der Waals surface area contributed by atoms with Gasteiger partial charge in [0.1, 0.15) is 0 Å². The zero-order valence-electron chi connectivity index (χ0n) is 9.41. The fourth-order valence-electron chi connectivity index (χ4n) is 1.44. The second-order valence-electron chi connectivity index (χ2n) is 4.06. The number of aliphatic hydroxyl groups is 1. The average molecular weight is 199 g/mol. The summed E-state index contributed by atoms with van der Waals surface area (Å²) in [7, 11) is 0. The number of allylic oxidation sites excluding steroid dienone is 1. The summed E-state index contributed by atoms with van der Waals surface area (Å²) in [5.74, 6) is 0. The summed E-state index contributed by atoms with van der Waals surface area (Å²) in [5, 5.41) is 9.43. The molecule has 14 heavy (non-hydrogen) atoms. The zero-order chi connectivity index (χ0) is 10.8. The van der Waals surface area contributed by atoms with Crippen LogP contribution in [0.5, 0.6) is 0 Å². The van der Waals surface area contributed by atoms with Crippen LogP contribution in [0.2, 0.25) is 0 Å². The van der Waals surface area contributed by atoms with Gasteiger partial charge in [0.25, 0.3) is 0 Å². The second kappa shape index (κ2) is 9.22. The smallest absolute Gasteiger partial charge is 0.0688 e. The summed E-state index contributed by atoms with van der Waals surface area (Å²) in [6.45, 7) is 5.55. The lowest BCUT2D eigenvalue weighted by molar-refractivity contribution is 0.138. The molecule has 0 aliphatic rings. The normalized spacial score (nSPS) is 15.1. The summed E-state index contributed by atoms with van der Waals surface area (Å²) in [4.78, 5) is 0. The number of hydrogen-bond donors (Lipinski definition) is 2. The summed E-state index contributed by atoms with van der Waals surface area (Å²) in [5.41, 5.74) is 5.56. The fraction of sp³-hybridized carbons (Fsp3) is 0.833. The molecule has 3 N–H and O–H groups in total. The second-order valence-corrected chi connectivity index (χ2v) is 4.06. The predicted molar refractivity (Wildman–Crippen MR) is 62.2 cm³/mol. The maximum Gasteiger partial charge on any atom is 0.0688 e. The van der Waals surface area contributed by atoms with E-state index in [9.17, 15) is 5.11 Å². The Labute approximate surface area is 88.2 Å². The van der Waals surface area contributed by atoms with Crippen molar-refractivity contribution in [2.75, 3.05) is 0 Å². The Bertz CT molecular complexity index is 134. The Balaban J connectivity index is 3.09. The standard InChI is InChI=1S/C12H25NO/c1-3-4-5-6-7-8-9-10-12(14)11(2)13/h3,11-12,14H,1,4-10,13H2,2H3/t11-,12+/m0/s1. The number of unbranched alkanes of at least 4 members (excludes halogenated alkanes) is 5. The Kier molecular flexibility index (Phi) is 9.00. The minimum Gasteiger partial charge on any atom is -0.392 e. The molecule has 0 radical (unpaired) electrons. The highest BCUT2D eigenvalue weighted by atomic mass is 16.3. The maximum atomic E-state index is 9.43. The van der Waals surface area contributed by atoms with E-state index in [2.05, 4.69) is 6.58 Å². The molecule has 0 rings (SSSR count). The van der Waals surface area contributed by atoms with E-state index >= 15 is 0 Å². The Morgan fingerprint density at radius 3 is 2.36 bits per heavy atom. The SMILES string of the molecule is C=CCCCCCCC[C@@H](O)[C@H](C)N. The van der Waals surface area contributed by atoms with Crippen molar-refractivity contribution in [3.63, 3.8) is 0 Å². The number of rotatable bonds is 9. The van der Waals surface area contributed by atoms with Crippen LogP contribution in [0.1, 0.15) is 51.9 Å². The first-order valence-electron chi connectivity index (χ1n) is 5.73. The summed E-state index contributed by atoms with van der Waals surface area (Å²) in [6.07, 6.45) is 9.72. The van der Waals surface area contributed by atoms with Crippen molar-refractivity contribution >= 4 is 0 Å². The maximum absolute atomic E-state index is 9.43. The van der Waals surface area contributed by atoms with Crippen LogP contribution in [0.3, 0.4) is 0 Å². The van der Waals surface area contributed by atoms with E-state index in [1.54, 1.807) is 0 Å². The lowest BCUT2D eigenvalue weighted by Gasteiger charge is -2.13. The van der Waals surface area contributed by atoms with Crippen LogP contribution < -0.4 is 5.73 Å². The molecule has 2 heteroatoms. The molecule has 2 nitrogen and oxygen atoms in total. The van der Waals surface area contributed by atoms with Crippen LogP contribution in [0.15, 0.2) is 12.7 Å². The van der Waals surface area contributed by atoms with Gasteiger partial charge < -0.3 is 10.8 Å².